The number of hydrogen-bond acceptors (Lipinski definition) is 0. The quantitative estimate of drug-likeness (QED) is 0.498. The Labute approximate surface area is 60.1 Å². The number of rotatable bonds is 3. The zero-order valence-corrected chi connectivity index (χ0v) is 7.02. The molecule has 0 aliphatic carbocycles. The molecule has 9 heavy (non-hydrogen) atoms. The molecule has 0 aromatic rings. The molecule has 0 aromatic heterocycles. The van der Waals surface area contributed by atoms with Crippen molar-refractivity contribution in [2.45, 2.75) is 20.3 Å². The Bertz CT molecular complexity index is 75.5. The molecule has 0 bridgehead atoms. The van der Waals surface area contributed by atoms with E-state index in [1.165, 1.54) is 6.42 Å². The molecule has 1 unspecified atom stereocenters. The van der Waals surface area contributed by atoms with Gasteiger partial charge in [-0.15, -0.1) is 0 Å². The van der Waals surface area contributed by atoms with Gasteiger partial charge in [0.15, 0.2) is 0 Å². The average Bonchev–Trinajstić information content (AvgIpc) is 1.62. The van der Waals surface area contributed by atoms with E-state index in [-0.39, 0.29) is 0 Å². The monoisotopic (exact) mass is 126 g/mol. The van der Waals surface area contributed by atoms with Crippen molar-refractivity contribution in [2.24, 2.45) is 5.92 Å². The molecule has 0 heterocycles. The Morgan fingerprint density at radius 3 is 2.00 bits per heavy atom. The van der Waals surface area contributed by atoms with Gasteiger partial charge in [0.1, 0.15) is 0 Å². The van der Waals surface area contributed by atoms with Gasteiger partial charge < -0.3 is 4.39 Å². The summed E-state index contributed by atoms with van der Waals surface area (Å²) in [6, 6.07) is 0. The van der Waals surface area contributed by atoms with Gasteiger partial charge in [0, 0.05) is 20.0 Å². The molecule has 0 rings (SSSR count). The Morgan fingerprint density at radius 2 is 1.89 bits per heavy atom. The van der Waals surface area contributed by atoms with Gasteiger partial charge in [-0.1, -0.05) is 13.8 Å². The van der Waals surface area contributed by atoms with E-state index >= 15 is 0 Å². The highest BCUT2D eigenvalue weighted by atomic mass is 15.2. The van der Waals surface area contributed by atoms with Crippen LogP contribution < -0.4 is 0 Å². The minimum atomic E-state index is 0.592. The molecule has 0 aliphatic rings. The van der Waals surface area contributed by atoms with Crippen LogP contribution in [0, 0.1) is 5.92 Å². The minimum Gasteiger partial charge on any atom is -0.401 e. The first-order valence-electron chi connectivity index (χ1n) is 3.57. The van der Waals surface area contributed by atoms with Crippen molar-refractivity contribution in [2.75, 3.05) is 20.6 Å². The van der Waals surface area contributed by atoms with Crippen LogP contribution in [0.15, 0.2) is 0 Å². The third-order valence-corrected chi connectivity index (χ3v) is 1.48. The summed E-state index contributed by atoms with van der Waals surface area (Å²) < 4.78 is 0.592. The standard InChI is InChI=1S/C7H17BN/c1-5-7(2)6-9(3,4)8/h7H,5-6H2,1-4H3/q+1. The normalized spacial score (nSPS) is 15.6. The molecule has 0 fully saturated rings. The average molecular weight is 126 g/mol. The van der Waals surface area contributed by atoms with Gasteiger partial charge in [0.25, 0.3) is 0 Å². The minimum absolute atomic E-state index is 0.592. The summed E-state index contributed by atoms with van der Waals surface area (Å²) in [6.45, 7) is 5.49. The maximum Gasteiger partial charge on any atom is 0.480 e. The molecular weight excluding hydrogens is 109 g/mol. The number of hydrogen-bond donors (Lipinski definition) is 0. The van der Waals surface area contributed by atoms with E-state index in [9.17, 15) is 0 Å². The van der Waals surface area contributed by atoms with E-state index in [4.69, 9.17) is 7.98 Å². The highest BCUT2D eigenvalue weighted by molar-refractivity contribution is 5.97. The highest BCUT2D eigenvalue weighted by Gasteiger charge is 2.11. The highest BCUT2D eigenvalue weighted by Crippen LogP contribution is 2.04. The summed E-state index contributed by atoms with van der Waals surface area (Å²) in [5.74, 6) is 0.741. The summed E-state index contributed by atoms with van der Waals surface area (Å²) in [4.78, 5) is 0. The molecule has 52 valence electrons. The van der Waals surface area contributed by atoms with Crippen LogP contribution in [0.1, 0.15) is 20.3 Å². The van der Waals surface area contributed by atoms with Gasteiger partial charge in [-0.3, -0.25) is 0 Å². The van der Waals surface area contributed by atoms with Crippen molar-refractivity contribution in [3.8, 4) is 0 Å². The third-order valence-electron chi connectivity index (χ3n) is 1.48. The molecule has 1 atom stereocenters. The molecule has 0 amide bonds. The van der Waals surface area contributed by atoms with Crippen molar-refractivity contribution >= 4 is 7.98 Å². The van der Waals surface area contributed by atoms with Crippen molar-refractivity contribution in [1.82, 2.24) is 0 Å². The van der Waals surface area contributed by atoms with E-state index < -0.39 is 0 Å². The van der Waals surface area contributed by atoms with Crippen LogP contribution in [0.2, 0.25) is 0 Å². The predicted octanol–water partition coefficient (Wildman–Crippen LogP) is 1.19. The van der Waals surface area contributed by atoms with Crippen molar-refractivity contribution in [3.05, 3.63) is 0 Å². The second kappa shape index (κ2) is 3.26. The summed E-state index contributed by atoms with van der Waals surface area (Å²) >= 11 is 0. The molecule has 2 heteroatoms. The number of quaternary nitrogens is 1. The largest absolute Gasteiger partial charge is 0.480 e. The van der Waals surface area contributed by atoms with Crippen LogP contribution in [0.4, 0.5) is 0 Å². The van der Waals surface area contributed by atoms with Gasteiger partial charge in [-0.2, -0.15) is 0 Å². The lowest BCUT2D eigenvalue weighted by molar-refractivity contribution is -0.777. The maximum atomic E-state index is 5.75. The first-order chi connectivity index (χ1) is 3.95. The Hall–Kier alpha value is 0.0249. The van der Waals surface area contributed by atoms with Crippen molar-refractivity contribution < 1.29 is 4.39 Å². The second-order valence-corrected chi connectivity index (χ2v) is 3.47. The molecular formula is C7H17BN+. The molecule has 0 spiro atoms. The van der Waals surface area contributed by atoms with Crippen molar-refractivity contribution in [3.63, 3.8) is 0 Å². The van der Waals surface area contributed by atoms with E-state index in [0.717, 1.165) is 12.5 Å². The van der Waals surface area contributed by atoms with E-state index in [1.54, 1.807) is 0 Å². The first-order valence-corrected chi connectivity index (χ1v) is 3.57. The molecule has 0 aromatic carbocycles. The lowest BCUT2D eigenvalue weighted by atomic mass is 10.1. The Morgan fingerprint density at radius 1 is 1.44 bits per heavy atom. The van der Waals surface area contributed by atoms with Gasteiger partial charge in [0.05, 0.1) is 6.54 Å². The zero-order valence-electron chi connectivity index (χ0n) is 7.02. The molecule has 2 radical (unpaired) electrons. The van der Waals surface area contributed by atoms with E-state index in [0.29, 0.717) is 4.39 Å². The molecule has 0 saturated carbocycles. The predicted molar refractivity (Wildman–Crippen MR) is 42.2 cm³/mol. The fraction of sp³-hybridized carbons (Fsp3) is 1.00. The van der Waals surface area contributed by atoms with Crippen LogP contribution in [-0.2, 0) is 0 Å². The zero-order chi connectivity index (χ0) is 7.49. The van der Waals surface area contributed by atoms with Gasteiger partial charge in [0.2, 0.25) is 0 Å². The lowest BCUT2D eigenvalue weighted by Crippen LogP contribution is -2.39. The Kier molecular flexibility index (Phi) is 3.27. The first kappa shape index (κ1) is 9.02. The van der Waals surface area contributed by atoms with Crippen LogP contribution in [0.3, 0.4) is 0 Å². The summed E-state index contributed by atoms with van der Waals surface area (Å²) in [5, 5.41) is 0. The molecule has 0 N–H and O–H groups in total. The fourth-order valence-corrected chi connectivity index (χ4v) is 0.932. The van der Waals surface area contributed by atoms with Crippen LogP contribution >= 0.6 is 0 Å². The maximum absolute atomic E-state index is 5.75. The summed E-state index contributed by atoms with van der Waals surface area (Å²) in [7, 11) is 9.79. The Balaban J connectivity index is 3.47. The van der Waals surface area contributed by atoms with Crippen LogP contribution in [0.5, 0.6) is 0 Å². The van der Waals surface area contributed by atoms with Crippen LogP contribution in [0.25, 0.3) is 0 Å². The molecule has 0 saturated heterocycles. The third kappa shape index (κ3) is 5.90. The van der Waals surface area contributed by atoms with Gasteiger partial charge in [-0.05, 0) is 6.42 Å². The lowest BCUT2D eigenvalue weighted by Gasteiger charge is -2.27. The fourth-order valence-electron chi connectivity index (χ4n) is 0.932. The topological polar surface area (TPSA) is 0 Å². The summed E-state index contributed by atoms with van der Waals surface area (Å²) in [6.07, 6.45) is 1.22. The van der Waals surface area contributed by atoms with Gasteiger partial charge >= 0.3 is 7.98 Å². The van der Waals surface area contributed by atoms with E-state index in [2.05, 4.69) is 13.8 Å². The smallest absolute Gasteiger partial charge is 0.401 e. The SMILES string of the molecule is [B][N+](C)(C)CC(C)CC. The summed E-state index contributed by atoms with van der Waals surface area (Å²) in [5.41, 5.74) is 0. The number of nitrogens with zero attached hydrogens (tertiary/aromatic N) is 1. The second-order valence-electron chi connectivity index (χ2n) is 3.47. The van der Waals surface area contributed by atoms with Crippen molar-refractivity contribution in [1.29, 1.82) is 0 Å². The molecule has 0 aliphatic heterocycles. The van der Waals surface area contributed by atoms with Crippen LogP contribution in [-0.4, -0.2) is 33.0 Å². The van der Waals surface area contributed by atoms with Gasteiger partial charge in [-0.25, -0.2) is 0 Å². The van der Waals surface area contributed by atoms with E-state index in [1.807, 2.05) is 14.1 Å². The molecule has 1 nitrogen and oxygen atoms in total.